The van der Waals surface area contributed by atoms with E-state index in [1.807, 2.05) is 0 Å². The van der Waals surface area contributed by atoms with Crippen molar-refractivity contribution >= 4 is 10.0 Å². The van der Waals surface area contributed by atoms with Crippen LogP contribution >= 0.6 is 0 Å². The summed E-state index contributed by atoms with van der Waals surface area (Å²) in [5.74, 6) is 0.178. The van der Waals surface area contributed by atoms with Crippen LogP contribution in [0.5, 0.6) is 6.01 Å². The number of hydrogen-bond donors (Lipinski definition) is 0. The van der Waals surface area contributed by atoms with E-state index < -0.39 is 34.0 Å². The summed E-state index contributed by atoms with van der Waals surface area (Å²) in [5.41, 5.74) is -0.875. The fraction of sp³-hybridized carbons (Fsp3) is 0.533. The first-order valence-electron chi connectivity index (χ1n) is 8.09. The highest BCUT2D eigenvalue weighted by atomic mass is 32.2. The van der Waals surface area contributed by atoms with Crippen LogP contribution in [0.15, 0.2) is 21.7 Å². The van der Waals surface area contributed by atoms with Crippen LogP contribution in [-0.4, -0.2) is 47.0 Å². The predicted molar refractivity (Wildman–Crippen MR) is 85.4 cm³/mol. The van der Waals surface area contributed by atoms with Gasteiger partial charge in [0.05, 0.1) is 6.54 Å². The molecule has 0 N–H and O–H groups in total. The molecule has 0 radical (unpaired) electrons. The number of rotatable bonds is 4. The number of nitrogens with zero attached hydrogens (tertiary/aromatic N) is 4. The first-order chi connectivity index (χ1) is 12.6. The van der Waals surface area contributed by atoms with Crippen molar-refractivity contribution < 1.29 is 30.8 Å². The van der Waals surface area contributed by atoms with Gasteiger partial charge in [-0.1, -0.05) is 5.16 Å². The lowest BCUT2D eigenvalue weighted by Crippen LogP contribution is -2.44. The van der Waals surface area contributed by atoms with Gasteiger partial charge >= 0.3 is 12.2 Å². The Hall–Kier alpha value is -2.21. The maximum absolute atomic E-state index is 12.9. The molecular weight excluding hydrogens is 389 g/mol. The van der Waals surface area contributed by atoms with Crippen molar-refractivity contribution in [1.82, 2.24) is 19.4 Å². The molecule has 0 amide bonds. The van der Waals surface area contributed by atoms with Gasteiger partial charge in [-0.2, -0.15) is 22.5 Å². The van der Waals surface area contributed by atoms with Crippen molar-refractivity contribution in [1.29, 1.82) is 0 Å². The smallest absolute Gasteiger partial charge is 0.433 e. The van der Waals surface area contributed by atoms with E-state index in [4.69, 9.17) is 9.26 Å². The quantitative estimate of drug-likeness (QED) is 0.768. The largest absolute Gasteiger partial charge is 0.459 e. The lowest BCUT2D eigenvalue weighted by atomic mass is 10.1. The highest BCUT2D eigenvalue weighted by Gasteiger charge is 2.36. The van der Waals surface area contributed by atoms with Gasteiger partial charge < -0.3 is 9.26 Å². The molecule has 1 aliphatic rings. The SMILES string of the molecule is Cc1noc(C)c1S(=O)(=O)N1CCCC(Oc2nccc(C(F)(F)F)n2)C1. The van der Waals surface area contributed by atoms with Crippen LogP contribution in [0.4, 0.5) is 13.2 Å². The van der Waals surface area contributed by atoms with E-state index in [1.54, 1.807) is 0 Å². The van der Waals surface area contributed by atoms with E-state index in [0.717, 1.165) is 12.3 Å². The number of aromatic nitrogens is 3. The van der Waals surface area contributed by atoms with Crippen LogP contribution in [0, 0.1) is 13.8 Å². The predicted octanol–water partition coefficient (Wildman–Crippen LogP) is 2.33. The number of alkyl halides is 3. The maximum atomic E-state index is 12.9. The zero-order chi connectivity index (χ0) is 19.8. The number of piperidine rings is 1. The van der Waals surface area contributed by atoms with Gasteiger partial charge in [-0.25, -0.2) is 13.4 Å². The molecule has 2 aromatic heterocycles. The highest BCUT2D eigenvalue weighted by molar-refractivity contribution is 7.89. The molecule has 1 atom stereocenters. The van der Waals surface area contributed by atoms with Gasteiger partial charge in [0.1, 0.15) is 16.7 Å². The summed E-state index contributed by atoms with van der Waals surface area (Å²) in [6.07, 6.45) is -3.39. The minimum absolute atomic E-state index is 0.00142. The van der Waals surface area contributed by atoms with Gasteiger partial charge in [-0.05, 0) is 32.8 Å². The Balaban J connectivity index is 1.77. The maximum Gasteiger partial charge on any atom is 0.433 e. The Labute approximate surface area is 153 Å². The lowest BCUT2D eigenvalue weighted by molar-refractivity contribution is -0.141. The summed E-state index contributed by atoms with van der Waals surface area (Å²) in [6, 6.07) is 0.300. The van der Waals surface area contributed by atoms with Gasteiger partial charge in [0.15, 0.2) is 11.5 Å². The van der Waals surface area contributed by atoms with Crippen LogP contribution in [0.25, 0.3) is 0 Å². The van der Waals surface area contributed by atoms with Crippen molar-refractivity contribution in [2.75, 3.05) is 13.1 Å². The van der Waals surface area contributed by atoms with Gasteiger partial charge in [-0.3, -0.25) is 0 Å². The molecule has 0 aliphatic carbocycles. The van der Waals surface area contributed by atoms with Crippen LogP contribution in [-0.2, 0) is 16.2 Å². The molecule has 1 saturated heterocycles. The van der Waals surface area contributed by atoms with E-state index >= 15 is 0 Å². The molecular formula is C15H17F3N4O4S. The van der Waals surface area contributed by atoms with Crippen molar-refractivity contribution in [3.05, 3.63) is 29.4 Å². The topological polar surface area (TPSA) is 98.4 Å². The summed E-state index contributed by atoms with van der Waals surface area (Å²) in [7, 11) is -3.86. The Bertz CT molecular complexity index is 910. The molecule has 0 bridgehead atoms. The lowest BCUT2D eigenvalue weighted by Gasteiger charge is -2.31. The molecule has 3 rings (SSSR count). The minimum atomic E-state index is -4.62. The summed E-state index contributed by atoms with van der Waals surface area (Å²) < 4.78 is 75.5. The van der Waals surface area contributed by atoms with Gasteiger partial charge in [-0.15, -0.1) is 0 Å². The van der Waals surface area contributed by atoms with Gasteiger partial charge in [0, 0.05) is 12.7 Å². The molecule has 1 unspecified atom stereocenters. The van der Waals surface area contributed by atoms with E-state index in [9.17, 15) is 21.6 Å². The van der Waals surface area contributed by atoms with Crippen LogP contribution < -0.4 is 4.74 Å². The third-order valence-electron chi connectivity index (χ3n) is 4.10. The Morgan fingerprint density at radius 2 is 2.07 bits per heavy atom. The van der Waals surface area contributed by atoms with Crippen LogP contribution in [0.2, 0.25) is 0 Å². The van der Waals surface area contributed by atoms with E-state index in [2.05, 4.69) is 15.1 Å². The molecule has 12 heteroatoms. The van der Waals surface area contributed by atoms with Crippen LogP contribution in [0.1, 0.15) is 30.0 Å². The van der Waals surface area contributed by atoms with E-state index in [0.29, 0.717) is 12.8 Å². The standard InChI is InChI=1S/C15H17F3N4O4S/c1-9-13(10(2)26-21-9)27(23,24)22-7-3-4-11(8-22)25-14-19-6-5-12(20-14)15(16,17)18/h5-6,11H,3-4,7-8H2,1-2H3. The second kappa shape index (κ2) is 7.08. The van der Waals surface area contributed by atoms with Crippen LogP contribution in [0.3, 0.4) is 0 Å². The first kappa shape index (κ1) is 19.5. The molecule has 2 aromatic rings. The number of ether oxygens (including phenoxy) is 1. The Morgan fingerprint density at radius 3 is 2.70 bits per heavy atom. The normalized spacial score (nSPS) is 19.2. The van der Waals surface area contributed by atoms with Crippen molar-refractivity contribution in [2.24, 2.45) is 0 Å². The molecule has 0 spiro atoms. The highest BCUT2D eigenvalue weighted by Crippen LogP contribution is 2.29. The Morgan fingerprint density at radius 1 is 1.33 bits per heavy atom. The van der Waals surface area contributed by atoms with Crippen molar-refractivity contribution in [2.45, 2.75) is 43.9 Å². The third kappa shape index (κ3) is 4.05. The summed E-state index contributed by atoms with van der Waals surface area (Å²) in [5, 5.41) is 3.66. The number of sulfonamides is 1. The third-order valence-corrected chi connectivity index (χ3v) is 6.21. The van der Waals surface area contributed by atoms with E-state index in [1.165, 1.54) is 18.2 Å². The molecule has 0 saturated carbocycles. The summed E-state index contributed by atoms with van der Waals surface area (Å²) in [4.78, 5) is 7.04. The monoisotopic (exact) mass is 406 g/mol. The molecule has 27 heavy (non-hydrogen) atoms. The van der Waals surface area contributed by atoms with Gasteiger partial charge in [0.25, 0.3) is 0 Å². The first-order valence-corrected chi connectivity index (χ1v) is 9.53. The molecule has 1 fully saturated rings. The minimum Gasteiger partial charge on any atom is -0.459 e. The molecule has 3 heterocycles. The molecule has 148 valence electrons. The average molecular weight is 406 g/mol. The fourth-order valence-electron chi connectivity index (χ4n) is 2.90. The van der Waals surface area contributed by atoms with Crippen molar-refractivity contribution in [3.8, 4) is 6.01 Å². The summed E-state index contributed by atoms with van der Waals surface area (Å²) >= 11 is 0. The summed E-state index contributed by atoms with van der Waals surface area (Å²) in [6.45, 7) is 3.25. The average Bonchev–Trinajstić information content (AvgIpc) is 2.94. The zero-order valence-corrected chi connectivity index (χ0v) is 15.3. The number of halogens is 3. The second-order valence-electron chi connectivity index (χ2n) is 6.12. The second-order valence-corrected chi connectivity index (χ2v) is 8.00. The number of hydrogen-bond acceptors (Lipinski definition) is 7. The fourth-order valence-corrected chi connectivity index (χ4v) is 4.70. The molecule has 0 aromatic carbocycles. The molecule has 8 nitrogen and oxygen atoms in total. The Kier molecular flexibility index (Phi) is 5.12. The zero-order valence-electron chi connectivity index (χ0n) is 14.5. The van der Waals surface area contributed by atoms with E-state index in [-0.39, 0.29) is 29.4 Å². The van der Waals surface area contributed by atoms with Crippen molar-refractivity contribution in [3.63, 3.8) is 0 Å². The molecule has 1 aliphatic heterocycles. The number of aryl methyl sites for hydroxylation is 2. The van der Waals surface area contributed by atoms with Gasteiger partial charge in [0.2, 0.25) is 10.0 Å².